The summed E-state index contributed by atoms with van der Waals surface area (Å²) in [5, 5.41) is 4.56. The second-order valence-corrected chi connectivity index (χ2v) is 10.3. The molecular formula is C18H26BrN3O6S. The van der Waals surface area contributed by atoms with Crippen molar-refractivity contribution in [1.82, 2.24) is 15.4 Å². The Morgan fingerprint density at radius 2 is 1.66 bits per heavy atom. The van der Waals surface area contributed by atoms with Crippen LogP contribution >= 0.6 is 15.9 Å². The zero-order chi connectivity index (χ0) is 22.4. The summed E-state index contributed by atoms with van der Waals surface area (Å²) < 4.78 is 32.9. The summed E-state index contributed by atoms with van der Waals surface area (Å²) in [5.41, 5.74) is -0.547. The number of hydrogen-bond donors (Lipinski definition) is 3. The first-order chi connectivity index (χ1) is 13.2. The van der Waals surface area contributed by atoms with Gasteiger partial charge in [0.25, 0.3) is 5.91 Å². The molecule has 1 atom stereocenters. The van der Waals surface area contributed by atoms with Gasteiger partial charge in [-0.25, -0.2) is 13.2 Å². The second kappa shape index (κ2) is 10.2. The van der Waals surface area contributed by atoms with E-state index in [-0.39, 0.29) is 4.90 Å². The van der Waals surface area contributed by atoms with E-state index < -0.39 is 52.0 Å². The van der Waals surface area contributed by atoms with Gasteiger partial charge < -0.3 is 10.1 Å². The number of rotatable bonds is 7. The molecule has 11 heteroatoms. The van der Waals surface area contributed by atoms with Gasteiger partial charge in [0.1, 0.15) is 6.04 Å². The molecule has 29 heavy (non-hydrogen) atoms. The SMILES string of the molecule is CC(C)[C@H](NS(=O)(=O)c1ccc(Br)cc1)C(=O)OCC(=O)NC(=O)NC(C)(C)C. The number of carbonyl (C=O) groups excluding carboxylic acids is 3. The number of carbonyl (C=O) groups is 3. The van der Waals surface area contributed by atoms with Crippen molar-refractivity contribution in [2.75, 3.05) is 6.61 Å². The lowest BCUT2D eigenvalue weighted by Gasteiger charge is -2.21. The summed E-state index contributed by atoms with van der Waals surface area (Å²) in [6, 6.07) is 3.95. The molecule has 0 unspecified atom stereocenters. The molecule has 3 amide bonds. The predicted octanol–water partition coefficient (Wildman–Crippen LogP) is 1.92. The van der Waals surface area contributed by atoms with Gasteiger partial charge in [0.05, 0.1) is 4.90 Å². The first kappa shape index (κ1) is 25.1. The smallest absolute Gasteiger partial charge is 0.324 e. The minimum atomic E-state index is -3.98. The average molecular weight is 492 g/mol. The maximum Gasteiger partial charge on any atom is 0.324 e. The molecule has 0 aliphatic carbocycles. The molecule has 0 aromatic heterocycles. The molecule has 3 N–H and O–H groups in total. The molecule has 0 fully saturated rings. The maximum absolute atomic E-state index is 12.5. The van der Waals surface area contributed by atoms with Gasteiger partial charge in [-0.15, -0.1) is 0 Å². The molecule has 0 aliphatic rings. The van der Waals surface area contributed by atoms with Crippen LogP contribution in [0.1, 0.15) is 34.6 Å². The summed E-state index contributed by atoms with van der Waals surface area (Å²) in [7, 11) is -3.98. The Balaban J connectivity index is 2.72. The minimum Gasteiger partial charge on any atom is -0.454 e. The van der Waals surface area contributed by atoms with Gasteiger partial charge in [-0.3, -0.25) is 14.9 Å². The third kappa shape index (κ3) is 8.92. The van der Waals surface area contributed by atoms with E-state index in [1.165, 1.54) is 12.1 Å². The van der Waals surface area contributed by atoms with E-state index in [1.807, 2.05) is 5.32 Å². The Morgan fingerprint density at radius 1 is 1.10 bits per heavy atom. The van der Waals surface area contributed by atoms with E-state index in [1.54, 1.807) is 46.8 Å². The molecule has 1 aromatic carbocycles. The molecular weight excluding hydrogens is 466 g/mol. The van der Waals surface area contributed by atoms with Crippen molar-refractivity contribution in [2.24, 2.45) is 5.92 Å². The van der Waals surface area contributed by atoms with E-state index in [2.05, 4.69) is 26.0 Å². The molecule has 0 heterocycles. The molecule has 9 nitrogen and oxygen atoms in total. The number of imide groups is 1. The molecule has 0 aliphatic heterocycles. The van der Waals surface area contributed by atoms with Gasteiger partial charge in [-0.2, -0.15) is 4.72 Å². The zero-order valence-corrected chi connectivity index (χ0v) is 19.3. The Labute approximate surface area is 179 Å². The van der Waals surface area contributed by atoms with Crippen LogP contribution < -0.4 is 15.4 Å². The number of esters is 1. The number of ether oxygens (including phenoxy) is 1. The van der Waals surface area contributed by atoms with Crippen molar-refractivity contribution in [3.8, 4) is 0 Å². The van der Waals surface area contributed by atoms with Crippen LogP contribution in [0.5, 0.6) is 0 Å². The number of hydrogen-bond acceptors (Lipinski definition) is 6. The zero-order valence-electron chi connectivity index (χ0n) is 16.9. The fraction of sp³-hybridized carbons (Fsp3) is 0.500. The van der Waals surface area contributed by atoms with Gasteiger partial charge in [-0.1, -0.05) is 29.8 Å². The van der Waals surface area contributed by atoms with Crippen LogP contribution in [0.3, 0.4) is 0 Å². The van der Waals surface area contributed by atoms with Crippen molar-refractivity contribution in [3.63, 3.8) is 0 Å². The van der Waals surface area contributed by atoms with Crippen molar-refractivity contribution in [3.05, 3.63) is 28.7 Å². The predicted molar refractivity (Wildman–Crippen MR) is 110 cm³/mol. The average Bonchev–Trinajstić information content (AvgIpc) is 2.56. The lowest BCUT2D eigenvalue weighted by atomic mass is 10.1. The fourth-order valence-corrected chi connectivity index (χ4v) is 3.66. The lowest BCUT2D eigenvalue weighted by Crippen LogP contribution is -2.50. The summed E-state index contributed by atoms with van der Waals surface area (Å²) in [5.74, 6) is -2.20. The van der Waals surface area contributed by atoms with Crippen LogP contribution in [0, 0.1) is 5.92 Å². The molecule has 0 saturated heterocycles. The molecule has 0 saturated carbocycles. The van der Waals surface area contributed by atoms with E-state index in [0.717, 1.165) is 0 Å². The third-order valence-electron chi connectivity index (χ3n) is 3.41. The Hall–Kier alpha value is -1.98. The van der Waals surface area contributed by atoms with Crippen LogP contribution in [-0.2, 0) is 24.3 Å². The highest BCUT2D eigenvalue weighted by atomic mass is 79.9. The van der Waals surface area contributed by atoms with E-state index in [4.69, 9.17) is 4.74 Å². The number of benzene rings is 1. The largest absolute Gasteiger partial charge is 0.454 e. The summed E-state index contributed by atoms with van der Waals surface area (Å²) in [4.78, 5) is 35.7. The first-order valence-corrected chi connectivity index (χ1v) is 11.1. The highest BCUT2D eigenvalue weighted by Gasteiger charge is 2.30. The van der Waals surface area contributed by atoms with Crippen LogP contribution in [0.15, 0.2) is 33.6 Å². The lowest BCUT2D eigenvalue weighted by molar-refractivity contribution is -0.150. The van der Waals surface area contributed by atoms with Crippen LogP contribution in [0.2, 0.25) is 0 Å². The maximum atomic E-state index is 12.5. The number of nitrogens with one attached hydrogen (secondary N) is 3. The van der Waals surface area contributed by atoms with Gasteiger partial charge in [-0.05, 0) is 51.0 Å². The highest BCUT2D eigenvalue weighted by molar-refractivity contribution is 9.10. The van der Waals surface area contributed by atoms with Crippen LogP contribution in [0.25, 0.3) is 0 Å². The van der Waals surface area contributed by atoms with Crippen molar-refractivity contribution in [2.45, 2.75) is 51.1 Å². The van der Waals surface area contributed by atoms with Gasteiger partial charge >= 0.3 is 12.0 Å². The number of amides is 3. The van der Waals surface area contributed by atoms with Crippen molar-refractivity contribution < 1.29 is 27.5 Å². The number of halogens is 1. The van der Waals surface area contributed by atoms with Gasteiger partial charge in [0.2, 0.25) is 10.0 Å². The van der Waals surface area contributed by atoms with E-state index in [9.17, 15) is 22.8 Å². The molecule has 1 rings (SSSR count). The number of sulfonamides is 1. The minimum absolute atomic E-state index is 0.0178. The normalized spacial score (nSPS) is 12.9. The Bertz CT molecular complexity index is 847. The summed E-state index contributed by atoms with van der Waals surface area (Å²) in [6.45, 7) is 7.75. The van der Waals surface area contributed by atoms with Crippen LogP contribution in [0.4, 0.5) is 4.79 Å². The van der Waals surface area contributed by atoms with Gasteiger partial charge in [0, 0.05) is 10.0 Å². The van der Waals surface area contributed by atoms with E-state index in [0.29, 0.717) is 4.47 Å². The van der Waals surface area contributed by atoms with E-state index >= 15 is 0 Å². The molecule has 1 aromatic rings. The quantitative estimate of drug-likeness (QED) is 0.499. The topological polar surface area (TPSA) is 131 Å². The highest BCUT2D eigenvalue weighted by Crippen LogP contribution is 2.16. The molecule has 162 valence electrons. The Kier molecular flexibility index (Phi) is 8.79. The van der Waals surface area contributed by atoms with Crippen molar-refractivity contribution >= 4 is 43.9 Å². The molecule has 0 spiro atoms. The summed E-state index contributed by atoms with van der Waals surface area (Å²) in [6.07, 6.45) is 0. The number of urea groups is 1. The summed E-state index contributed by atoms with van der Waals surface area (Å²) >= 11 is 3.22. The first-order valence-electron chi connectivity index (χ1n) is 8.78. The Morgan fingerprint density at radius 3 is 2.14 bits per heavy atom. The van der Waals surface area contributed by atoms with Crippen molar-refractivity contribution in [1.29, 1.82) is 0 Å². The van der Waals surface area contributed by atoms with Gasteiger partial charge in [0.15, 0.2) is 6.61 Å². The fourth-order valence-electron chi connectivity index (χ4n) is 2.07. The molecule has 0 radical (unpaired) electrons. The monoisotopic (exact) mass is 491 g/mol. The van der Waals surface area contributed by atoms with Crippen LogP contribution in [-0.4, -0.2) is 44.5 Å². The third-order valence-corrected chi connectivity index (χ3v) is 5.40. The standard InChI is InChI=1S/C18H26BrN3O6S/c1-11(2)15(22-29(26,27)13-8-6-12(19)7-9-13)16(24)28-10-14(23)20-17(25)21-18(3,4)5/h6-9,11,15,22H,10H2,1-5H3,(H2,20,21,23,25)/t15-/m0/s1. The molecule has 0 bridgehead atoms. The second-order valence-electron chi connectivity index (χ2n) is 7.66.